The molecule has 0 heterocycles. The van der Waals surface area contributed by atoms with E-state index in [0.717, 1.165) is 43.1 Å². The number of unbranched alkanes of at least 4 members (excludes halogenated alkanes) is 2. The predicted octanol–water partition coefficient (Wildman–Crippen LogP) is 6.65. The first-order valence-electron chi connectivity index (χ1n) is 11.0. The molecule has 3 aliphatic rings. The highest BCUT2D eigenvalue weighted by Gasteiger charge is 2.48. The van der Waals surface area contributed by atoms with Gasteiger partial charge in [0.05, 0.1) is 6.67 Å². The molecule has 0 aromatic heterocycles. The van der Waals surface area contributed by atoms with Crippen LogP contribution in [0.4, 0.5) is 4.39 Å². The number of allylic oxidation sites excluding steroid dienone is 3. The Bertz CT molecular complexity index is 561. The predicted molar refractivity (Wildman–Crippen MR) is 110 cm³/mol. The van der Waals surface area contributed by atoms with Gasteiger partial charge in [-0.05, 0) is 92.6 Å². The summed E-state index contributed by atoms with van der Waals surface area (Å²) in [5, 5.41) is 0. The molecule has 146 valence electrons. The van der Waals surface area contributed by atoms with Gasteiger partial charge < -0.3 is 5.73 Å². The summed E-state index contributed by atoms with van der Waals surface area (Å²) in [5.41, 5.74) is 10.9. The molecule has 0 amide bonds. The number of hydrogen-bond acceptors (Lipinski definition) is 1. The van der Waals surface area contributed by atoms with E-state index >= 15 is 0 Å². The molecular weight excluding hydrogens is 321 g/mol. The van der Waals surface area contributed by atoms with Gasteiger partial charge in [-0.3, -0.25) is 4.39 Å². The fraction of sp³-hybridized carbons (Fsp3) is 0.750. The highest BCUT2D eigenvalue weighted by atomic mass is 19.1. The summed E-state index contributed by atoms with van der Waals surface area (Å²) in [6.45, 7) is 6.62. The van der Waals surface area contributed by atoms with E-state index in [2.05, 4.69) is 25.7 Å². The van der Waals surface area contributed by atoms with Gasteiger partial charge in [0.25, 0.3) is 0 Å². The molecule has 1 nitrogen and oxygen atoms in total. The zero-order valence-corrected chi connectivity index (χ0v) is 16.7. The van der Waals surface area contributed by atoms with Crippen molar-refractivity contribution in [3.63, 3.8) is 0 Å². The molecule has 0 saturated heterocycles. The Balaban J connectivity index is 1.68. The Morgan fingerprint density at radius 2 is 1.96 bits per heavy atom. The van der Waals surface area contributed by atoms with Crippen molar-refractivity contribution >= 4 is 0 Å². The lowest BCUT2D eigenvalue weighted by Gasteiger charge is -2.42. The van der Waals surface area contributed by atoms with Crippen molar-refractivity contribution in [3.8, 4) is 0 Å². The van der Waals surface area contributed by atoms with Crippen LogP contribution in [0.15, 0.2) is 35.5 Å². The lowest BCUT2D eigenvalue weighted by Crippen LogP contribution is -2.33. The van der Waals surface area contributed by atoms with E-state index in [0.29, 0.717) is 5.41 Å². The maximum absolute atomic E-state index is 12.4. The quantitative estimate of drug-likeness (QED) is 0.528. The summed E-state index contributed by atoms with van der Waals surface area (Å²) in [7, 11) is 0. The maximum Gasteiger partial charge on any atom is 0.0894 e. The van der Waals surface area contributed by atoms with Gasteiger partial charge in [-0.25, -0.2) is 0 Å². The van der Waals surface area contributed by atoms with Crippen LogP contribution in [0, 0.1) is 17.3 Å². The van der Waals surface area contributed by atoms with Crippen molar-refractivity contribution in [1.82, 2.24) is 0 Å². The van der Waals surface area contributed by atoms with E-state index in [1.54, 1.807) is 5.57 Å². The van der Waals surface area contributed by atoms with Crippen LogP contribution in [-0.4, -0.2) is 12.7 Å². The third-order valence-corrected chi connectivity index (χ3v) is 7.67. The molecule has 3 aliphatic carbocycles. The fourth-order valence-corrected chi connectivity index (χ4v) is 5.97. The molecule has 0 radical (unpaired) electrons. The average molecular weight is 360 g/mol. The number of nitrogens with two attached hydrogens (primary N) is 1. The molecular formula is C24H38FN. The zero-order valence-electron chi connectivity index (χ0n) is 16.7. The normalized spacial score (nSPS) is 38.1. The summed E-state index contributed by atoms with van der Waals surface area (Å²) in [5.74, 6) is 1.59. The molecule has 2 heteroatoms. The zero-order chi connectivity index (χ0) is 18.6. The first-order chi connectivity index (χ1) is 12.6. The van der Waals surface area contributed by atoms with E-state index in [1.807, 2.05) is 0 Å². The van der Waals surface area contributed by atoms with E-state index < -0.39 is 0 Å². The molecule has 2 N–H and O–H groups in total. The van der Waals surface area contributed by atoms with Gasteiger partial charge in [0.15, 0.2) is 0 Å². The highest BCUT2D eigenvalue weighted by Crippen LogP contribution is 2.58. The maximum atomic E-state index is 12.4. The average Bonchev–Trinajstić information content (AvgIpc) is 2.97. The van der Waals surface area contributed by atoms with Gasteiger partial charge in [-0.1, -0.05) is 44.1 Å². The lowest BCUT2D eigenvalue weighted by atomic mass is 9.62. The van der Waals surface area contributed by atoms with Gasteiger partial charge in [0.2, 0.25) is 0 Å². The second-order valence-corrected chi connectivity index (χ2v) is 9.18. The molecule has 0 aromatic rings. The molecule has 26 heavy (non-hydrogen) atoms. The second kappa shape index (κ2) is 8.87. The van der Waals surface area contributed by atoms with Crippen LogP contribution in [0.2, 0.25) is 0 Å². The molecule has 0 bridgehead atoms. The first-order valence-corrected chi connectivity index (χ1v) is 11.0. The molecule has 0 aromatic carbocycles. The molecule has 0 aliphatic heterocycles. The Kier molecular flexibility index (Phi) is 6.77. The van der Waals surface area contributed by atoms with Crippen LogP contribution in [0.5, 0.6) is 0 Å². The van der Waals surface area contributed by atoms with Gasteiger partial charge in [0, 0.05) is 6.04 Å². The van der Waals surface area contributed by atoms with Crippen molar-refractivity contribution in [3.05, 3.63) is 35.5 Å². The topological polar surface area (TPSA) is 26.0 Å². The Morgan fingerprint density at radius 1 is 1.12 bits per heavy atom. The Labute approximate surface area is 160 Å². The number of hydrogen-bond donors (Lipinski definition) is 1. The van der Waals surface area contributed by atoms with E-state index in [1.165, 1.54) is 56.9 Å². The molecule has 3 saturated carbocycles. The van der Waals surface area contributed by atoms with E-state index in [4.69, 9.17) is 5.73 Å². The molecule has 0 spiro atoms. The lowest BCUT2D eigenvalue weighted by molar-refractivity contribution is 0.127. The van der Waals surface area contributed by atoms with Crippen molar-refractivity contribution in [1.29, 1.82) is 0 Å². The van der Waals surface area contributed by atoms with Gasteiger partial charge in [0.1, 0.15) is 0 Å². The molecule has 3 rings (SSSR count). The minimum Gasteiger partial charge on any atom is -0.324 e. The number of alkyl halides is 1. The Hall–Kier alpha value is -0.890. The minimum absolute atomic E-state index is 0.152. The monoisotopic (exact) mass is 359 g/mol. The number of halogens is 1. The fourth-order valence-electron chi connectivity index (χ4n) is 5.97. The number of rotatable bonds is 6. The van der Waals surface area contributed by atoms with E-state index in [9.17, 15) is 4.39 Å². The van der Waals surface area contributed by atoms with Crippen molar-refractivity contribution in [2.24, 2.45) is 23.0 Å². The third kappa shape index (κ3) is 4.16. The summed E-state index contributed by atoms with van der Waals surface area (Å²) >= 11 is 0. The summed E-state index contributed by atoms with van der Waals surface area (Å²) in [6, 6.07) is 0.158. The number of fused-ring (bicyclic) bond motifs is 1. The van der Waals surface area contributed by atoms with Crippen LogP contribution in [0.3, 0.4) is 0 Å². The highest BCUT2D eigenvalue weighted by molar-refractivity contribution is 5.38. The molecule has 4 atom stereocenters. The smallest absolute Gasteiger partial charge is 0.0894 e. The Morgan fingerprint density at radius 3 is 2.77 bits per heavy atom. The van der Waals surface area contributed by atoms with Gasteiger partial charge in [-0.2, -0.15) is 0 Å². The molecule has 3 fully saturated rings. The second-order valence-electron chi connectivity index (χ2n) is 9.18. The molecule has 4 unspecified atom stereocenters. The summed E-state index contributed by atoms with van der Waals surface area (Å²) in [4.78, 5) is 0. The van der Waals surface area contributed by atoms with Crippen molar-refractivity contribution in [2.75, 3.05) is 6.67 Å². The first kappa shape index (κ1) is 19.9. The SMILES string of the molecule is C=C1/C(=C\C=C2/CCCC3(C)C(CCCCCF)CCC23)CCCC1N. The van der Waals surface area contributed by atoms with E-state index in [-0.39, 0.29) is 12.7 Å². The largest absolute Gasteiger partial charge is 0.324 e. The van der Waals surface area contributed by atoms with Crippen LogP contribution in [-0.2, 0) is 0 Å². The van der Waals surface area contributed by atoms with Gasteiger partial charge in [-0.15, -0.1) is 0 Å². The standard InChI is InChI=1S/C24H38FN/c1-18-19(8-6-11-23(18)26)12-13-20-9-7-16-24(2)21(14-15-22(20)24)10-4-3-5-17-25/h12-13,21-23H,1,3-11,14-17,26H2,2H3/b19-12-,20-13+. The van der Waals surface area contributed by atoms with Gasteiger partial charge >= 0.3 is 0 Å². The minimum atomic E-state index is -0.152. The van der Waals surface area contributed by atoms with Crippen molar-refractivity contribution < 1.29 is 4.39 Å². The van der Waals surface area contributed by atoms with Crippen LogP contribution >= 0.6 is 0 Å². The van der Waals surface area contributed by atoms with Crippen LogP contribution < -0.4 is 5.73 Å². The van der Waals surface area contributed by atoms with Crippen molar-refractivity contribution in [2.45, 2.75) is 90.0 Å². The summed E-state index contributed by atoms with van der Waals surface area (Å²) in [6.07, 6.45) is 19.2. The van der Waals surface area contributed by atoms with Crippen LogP contribution in [0.25, 0.3) is 0 Å². The third-order valence-electron chi connectivity index (χ3n) is 7.67. The summed E-state index contributed by atoms with van der Waals surface area (Å²) < 4.78 is 12.4. The van der Waals surface area contributed by atoms with Crippen LogP contribution in [0.1, 0.15) is 84.0 Å².